The molecule has 21 heavy (non-hydrogen) atoms. The minimum atomic E-state index is -0.416. The summed E-state index contributed by atoms with van der Waals surface area (Å²) in [5, 5.41) is 2.71. The van der Waals surface area contributed by atoms with Gasteiger partial charge in [-0.1, -0.05) is 11.6 Å². The molecule has 2 aromatic heterocycles. The molecule has 5 nitrogen and oxygen atoms in total. The van der Waals surface area contributed by atoms with E-state index >= 15 is 0 Å². The van der Waals surface area contributed by atoms with Crippen LogP contribution in [-0.2, 0) is 11.8 Å². The number of aryl methyl sites for hydroxylation is 1. The topological polar surface area (TPSA) is 60.3 Å². The number of methoxy groups -OCH3 is 1. The lowest BCUT2D eigenvalue weighted by atomic mass is 10.2. The minimum absolute atomic E-state index is 0.110. The van der Waals surface area contributed by atoms with Gasteiger partial charge in [-0.25, -0.2) is 0 Å². The van der Waals surface area contributed by atoms with Crippen LogP contribution in [0.3, 0.4) is 0 Å². The molecule has 0 spiro atoms. The number of pyridine rings is 1. The summed E-state index contributed by atoms with van der Waals surface area (Å²) in [6.45, 7) is 0.268. The normalized spacial score (nSPS) is 12.1. The average molecular weight is 327 g/mol. The monoisotopic (exact) mass is 326 g/mol. The van der Waals surface area contributed by atoms with Gasteiger partial charge in [0.25, 0.3) is 11.5 Å². The van der Waals surface area contributed by atoms with Crippen molar-refractivity contribution in [3.63, 3.8) is 0 Å². The van der Waals surface area contributed by atoms with E-state index in [1.54, 1.807) is 32.5 Å². The third-order valence-electron chi connectivity index (χ3n) is 3.01. The van der Waals surface area contributed by atoms with E-state index < -0.39 is 5.91 Å². The molecule has 2 rings (SSSR count). The van der Waals surface area contributed by atoms with Gasteiger partial charge in [-0.3, -0.25) is 9.59 Å². The molecule has 0 aliphatic heterocycles. The van der Waals surface area contributed by atoms with E-state index in [2.05, 4.69) is 5.32 Å². The first-order valence-electron chi connectivity index (χ1n) is 6.24. The van der Waals surface area contributed by atoms with Crippen LogP contribution in [-0.4, -0.2) is 24.1 Å². The van der Waals surface area contributed by atoms with Gasteiger partial charge in [-0.2, -0.15) is 0 Å². The van der Waals surface area contributed by atoms with Gasteiger partial charge in [0.05, 0.1) is 4.34 Å². The van der Waals surface area contributed by atoms with Crippen LogP contribution in [0.1, 0.15) is 21.3 Å². The summed E-state index contributed by atoms with van der Waals surface area (Å²) in [5.74, 6) is -0.416. The van der Waals surface area contributed by atoms with Crippen LogP contribution in [0.5, 0.6) is 0 Å². The summed E-state index contributed by atoms with van der Waals surface area (Å²) in [6.07, 6.45) is 1.31. The molecule has 0 aromatic carbocycles. The van der Waals surface area contributed by atoms with Gasteiger partial charge < -0.3 is 14.6 Å². The Labute approximate surface area is 131 Å². The van der Waals surface area contributed by atoms with Crippen LogP contribution in [0.4, 0.5) is 0 Å². The highest BCUT2D eigenvalue weighted by molar-refractivity contribution is 7.16. The van der Waals surface area contributed by atoms with Crippen molar-refractivity contribution in [3.8, 4) is 0 Å². The molecule has 0 bridgehead atoms. The molecule has 0 fully saturated rings. The molecule has 7 heteroatoms. The van der Waals surface area contributed by atoms with Gasteiger partial charge in [0, 0.05) is 31.8 Å². The number of thiophene rings is 1. The summed E-state index contributed by atoms with van der Waals surface area (Å²) in [7, 11) is 3.16. The zero-order valence-electron chi connectivity index (χ0n) is 11.6. The van der Waals surface area contributed by atoms with Crippen LogP contribution in [0.15, 0.2) is 35.3 Å². The highest BCUT2D eigenvalue weighted by Gasteiger charge is 2.16. The quantitative estimate of drug-likeness (QED) is 0.916. The number of carbonyl (C=O) groups excluding carboxylic acids is 1. The SMILES string of the molecule is CO[C@H](CNC(=O)c1cccn(C)c1=O)c1ccc(Cl)s1. The number of halogens is 1. The molecular weight excluding hydrogens is 312 g/mol. The predicted molar refractivity (Wildman–Crippen MR) is 83.1 cm³/mol. The van der Waals surface area contributed by atoms with E-state index in [-0.39, 0.29) is 23.8 Å². The molecule has 0 radical (unpaired) electrons. The molecule has 2 heterocycles. The summed E-state index contributed by atoms with van der Waals surface area (Å²) in [6, 6.07) is 6.79. The second kappa shape index (κ2) is 6.89. The molecular formula is C14H15ClN2O3S. The lowest BCUT2D eigenvalue weighted by molar-refractivity contribution is 0.0836. The predicted octanol–water partition coefficient (Wildman–Crippen LogP) is 2.22. The molecule has 0 saturated heterocycles. The molecule has 0 aliphatic carbocycles. The van der Waals surface area contributed by atoms with Gasteiger partial charge in [0.15, 0.2) is 0 Å². The lowest BCUT2D eigenvalue weighted by Crippen LogP contribution is -2.34. The summed E-state index contributed by atoms with van der Waals surface area (Å²) >= 11 is 7.29. The third kappa shape index (κ3) is 3.72. The summed E-state index contributed by atoms with van der Waals surface area (Å²) in [4.78, 5) is 24.8. The Morgan fingerprint density at radius 3 is 2.86 bits per heavy atom. The molecule has 0 saturated carbocycles. The summed E-state index contributed by atoms with van der Waals surface area (Å²) < 4.78 is 7.37. The Morgan fingerprint density at radius 2 is 2.24 bits per heavy atom. The van der Waals surface area contributed by atoms with E-state index in [4.69, 9.17) is 16.3 Å². The fraction of sp³-hybridized carbons (Fsp3) is 0.286. The molecule has 2 aromatic rings. The fourth-order valence-electron chi connectivity index (χ4n) is 1.85. The second-order valence-electron chi connectivity index (χ2n) is 4.41. The highest BCUT2D eigenvalue weighted by atomic mass is 35.5. The standard InChI is InChI=1S/C14H15ClN2O3S/c1-17-7-3-4-9(14(17)19)13(18)16-8-10(20-2)11-5-6-12(15)21-11/h3-7,10H,8H2,1-2H3,(H,16,18)/t10-/m1/s1. The molecule has 1 amide bonds. The van der Waals surface area contributed by atoms with Crippen LogP contribution < -0.4 is 10.9 Å². The second-order valence-corrected chi connectivity index (χ2v) is 6.16. The van der Waals surface area contributed by atoms with Crippen molar-refractivity contribution in [3.05, 3.63) is 55.6 Å². The summed E-state index contributed by atoms with van der Waals surface area (Å²) in [5.41, 5.74) is -0.220. The van der Waals surface area contributed by atoms with Crippen LogP contribution in [0.25, 0.3) is 0 Å². The first-order chi connectivity index (χ1) is 10.0. The number of aromatic nitrogens is 1. The van der Waals surface area contributed by atoms with Crippen LogP contribution in [0.2, 0.25) is 4.34 Å². The van der Waals surface area contributed by atoms with Crippen molar-refractivity contribution >= 4 is 28.8 Å². The minimum Gasteiger partial charge on any atom is -0.374 e. The Morgan fingerprint density at radius 1 is 1.48 bits per heavy atom. The zero-order valence-corrected chi connectivity index (χ0v) is 13.2. The van der Waals surface area contributed by atoms with Crippen molar-refractivity contribution in [2.75, 3.05) is 13.7 Å². The van der Waals surface area contributed by atoms with E-state index in [9.17, 15) is 9.59 Å². The fourth-order valence-corrected chi connectivity index (χ4v) is 2.99. The van der Waals surface area contributed by atoms with Crippen molar-refractivity contribution in [1.82, 2.24) is 9.88 Å². The number of nitrogens with zero attached hydrogens (tertiary/aromatic N) is 1. The third-order valence-corrected chi connectivity index (χ3v) is 4.34. The number of carbonyl (C=O) groups is 1. The number of hydrogen-bond donors (Lipinski definition) is 1. The Balaban J connectivity index is 2.06. The first kappa shape index (κ1) is 15.8. The van der Waals surface area contributed by atoms with Crippen LogP contribution >= 0.6 is 22.9 Å². The van der Waals surface area contributed by atoms with Gasteiger partial charge in [0.2, 0.25) is 0 Å². The van der Waals surface area contributed by atoms with Gasteiger partial charge in [-0.05, 0) is 24.3 Å². The zero-order chi connectivity index (χ0) is 15.4. The molecule has 0 unspecified atom stereocenters. The van der Waals surface area contributed by atoms with Crippen molar-refractivity contribution < 1.29 is 9.53 Å². The maximum atomic E-state index is 12.1. The number of nitrogens with one attached hydrogen (secondary N) is 1. The molecule has 112 valence electrons. The van der Waals surface area contributed by atoms with Crippen LogP contribution in [0, 0.1) is 0 Å². The maximum Gasteiger partial charge on any atom is 0.263 e. The first-order valence-corrected chi connectivity index (χ1v) is 7.44. The maximum absolute atomic E-state index is 12.1. The van der Waals surface area contributed by atoms with Crippen molar-refractivity contribution in [1.29, 1.82) is 0 Å². The largest absolute Gasteiger partial charge is 0.374 e. The molecule has 0 aliphatic rings. The van der Waals surface area contributed by atoms with E-state index in [0.717, 1.165) is 4.88 Å². The highest BCUT2D eigenvalue weighted by Crippen LogP contribution is 2.28. The number of rotatable bonds is 5. The number of hydrogen-bond acceptors (Lipinski definition) is 4. The Kier molecular flexibility index (Phi) is 5.17. The van der Waals surface area contributed by atoms with Crippen molar-refractivity contribution in [2.24, 2.45) is 7.05 Å². The number of amides is 1. The van der Waals surface area contributed by atoms with E-state index in [0.29, 0.717) is 4.34 Å². The molecule has 1 N–H and O–H groups in total. The van der Waals surface area contributed by atoms with Crippen molar-refractivity contribution in [2.45, 2.75) is 6.10 Å². The molecule has 1 atom stereocenters. The van der Waals surface area contributed by atoms with Gasteiger partial charge in [-0.15, -0.1) is 11.3 Å². The Bertz CT molecular complexity index is 696. The van der Waals surface area contributed by atoms with E-state index in [1.807, 2.05) is 6.07 Å². The Hall–Kier alpha value is -1.63. The smallest absolute Gasteiger partial charge is 0.263 e. The van der Waals surface area contributed by atoms with E-state index in [1.165, 1.54) is 22.0 Å². The van der Waals surface area contributed by atoms with Gasteiger partial charge >= 0.3 is 0 Å². The lowest BCUT2D eigenvalue weighted by Gasteiger charge is -2.14. The average Bonchev–Trinajstić information content (AvgIpc) is 2.89. The number of ether oxygens (including phenoxy) is 1. The van der Waals surface area contributed by atoms with Gasteiger partial charge in [0.1, 0.15) is 11.7 Å².